The van der Waals surface area contributed by atoms with E-state index in [1.54, 1.807) is 4.90 Å². The van der Waals surface area contributed by atoms with E-state index in [9.17, 15) is 9.59 Å². The molecule has 0 radical (unpaired) electrons. The van der Waals surface area contributed by atoms with Gasteiger partial charge in [0.25, 0.3) is 5.91 Å². The maximum absolute atomic E-state index is 13.6. The number of carbonyl (C=O) groups excluding carboxylic acids is 2. The van der Waals surface area contributed by atoms with Gasteiger partial charge in [0, 0.05) is 28.0 Å². The quantitative estimate of drug-likeness (QED) is 0.307. The molecule has 0 spiro atoms. The van der Waals surface area contributed by atoms with Gasteiger partial charge in [-0.2, -0.15) is 0 Å². The Bertz CT molecular complexity index is 1150. The summed E-state index contributed by atoms with van der Waals surface area (Å²) in [6.07, 6.45) is 0.399. The molecule has 0 saturated heterocycles. The van der Waals surface area contributed by atoms with Crippen LogP contribution in [0.15, 0.2) is 81.7 Å². The summed E-state index contributed by atoms with van der Waals surface area (Å²) in [6.45, 7) is 5.90. The van der Waals surface area contributed by atoms with E-state index in [4.69, 9.17) is 4.74 Å². The van der Waals surface area contributed by atoms with Crippen LogP contribution in [0.5, 0.6) is 5.75 Å². The van der Waals surface area contributed by atoms with Crippen molar-refractivity contribution in [2.45, 2.75) is 45.8 Å². The molecular formula is C28H30Br2N2O3. The smallest absolute Gasteiger partial charge is 0.261 e. The maximum Gasteiger partial charge on any atom is 0.261 e. The van der Waals surface area contributed by atoms with E-state index >= 15 is 0 Å². The van der Waals surface area contributed by atoms with Crippen LogP contribution in [0.3, 0.4) is 0 Å². The zero-order valence-electron chi connectivity index (χ0n) is 20.1. The van der Waals surface area contributed by atoms with E-state index in [2.05, 4.69) is 37.2 Å². The van der Waals surface area contributed by atoms with Crippen LogP contribution in [0, 0.1) is 6.92 Å². The number of ether oxygens (including phenoxy) is 1. The Kier molecular flexibility index (Phi) is 9.93. The maximum atomic E-state index is 13.6. The average molecular weight is 602 g/mol. The predicted molar refractivity (Wildman–Crippen MR) is 146 cm³/mol. The third kappa shape index (κ3) is 8.22. The van der Waals surface area contributed by atoms with Gasteiger partial charge in [-0.05, 0) is 67.8 Å². The molecule has 3 rings (SSSR count). The zero-order valence-corrected chi connectivity index (χ0v) is 23.3. The van der Waals surface area contributed by atoms with Gasteiger partial charge in [0.1, 0.15) is 11.8 Å². The highest BCUT2D eigenvalue weighted by Gasteiger charge is 2.31. The molecule has 35 heavy (non-hydrogen) atoms. The Balaban J connectivity index is 1.91. The highest BCUT2D eigenvalue weighted by Crippen LogP contribution is 2.22. The summed E-state index contributed by atoms with van der Waals surface area (Å²) in [7, 11) is 0. The molecule has 0 fully saturated rings. The zero-order chi connectivity index (χ0) is 25.4. The second kappa shape index (κ2) is 12.9. The Morgan fingerprint density at radius 2 is 1.66 bits per heavy atom. The van der Waals surface area contributed by atoms with Gasteiger partial charge in [-0.25, -0.2) is 0 Å². The summed E-state index contributed by atoms with van der Waals surface area (Å²) in [4.78, 5) is 28.6. The molecule has 7 heteroatoms. The van der Waals surface area contributed by atoms with Crippen molar-refractivity contribution in [2.75, 3.05) is 6.61 Å². The molecule has 0 saturated carbocycles. The van der Waals surface area contributed by atoms with Crippen molar-refractivity contribution in [1.82, 2.24) is 10.2 Å². The average Bonchev–Trinajstić information content (AvgIpc) is 2.82. The van der Waals surface area contributed by atoms with Gasteiger partial charge in [0.2, 0.25) is 5.91 Å². The van der Waals surface area contributed by atoms with E-state index in [1.807, 2.05) is 93.6 Å². The van der Waals surface area contributed by atoms with Crippen LogP contribution in [0.2, 0.25) is 0 Å². The Hall–Kier alpha value is -2.64. The number of benzene rings is 3. The first kappa shape index (κ1) is 27.0. The number of aryl methyl sites for hydroxylation is 1. The first-order valence-corrected chi connectivity index (χ1v) is 13.1. The fourth-order valence-electron chi connectivity index (χ4n) is 3.70. The highest BCUT2D eigenvalue weighted by atomic mass is 79.9. The van der Waals surface area contributed by atoms with Gasteiger partial charge in [0.15, 0.2) is 6.61 Å². The Labute approximate surface area is 224 Å². The van der Waals surface area contributed by atoms with Gasteiger partial charge in [-0.1, -0.05) is 74.3 Å². The molecule has 1 atom stereocenters. The molecule has 0 aliphatic heterocycles. The van der Waals surface area contributed by atoms with Crippen LogP contribution < -0.4 is 10.1 Å². The number of hydrogen-bond acceptors (Lipinski definition) is 3. The third-order valence-corrected chi connectivity index (χ3v) is 6.82. The Morgan fingerprint density at radius 1 is 0.943 bits per heavy atom. The van der Waals surface area contributed by atoms with E-state index in [0.717, 1.165) is 25.6 Å². The number of halogens is 2. The van der Waals surface area contributed by atoms with Crippen LogP contribution >= 0.6 is 31.9 Å². The standard InChI is InChI=1S/C28H30Br2N2O3/c1-19(2)31-28(34)26(16-21-8-5-4-6-9-21)32(17-22-10-7-11-23(29)15-22)27(33)18-35-24-12-13-25(30)20(3)14-24/h4-15,19,26H,16-18H2,1-3H3,(H,31,34)/t26-/m1/s1. The second-order valence-electron chi connectivity index (χ2n) is 8.72. The van der Waals surface area contributed by atoms with Crippen LogP contribution in [0.25, 0.3) is 0 Å². The molecule has 1 N–H and O–H groups in total. The monoisotopic (exact) mass is 600 g/mol. The van der Waals surface area contributed by atoms with Crippen molar-refractivity contribution in [1.29, 1.82) is 0 Å². The number of rotatable bonds is 10. The van der Waals surface area contributed by atoms with E-state index in [-0.39, 0.29) is 31.0 Å². The van der Waals surface area contributed by atoms with Crippen molar-refractivity contribution in [3.63, 3.8) is 0 Å². The van der Waals surface area contributed by atoms with E-state index < -0.39 is 6.04 Å². The van der Waals surface area contributed by atoms with E-state index in [1.165, 1.54) is 0 Å². The highest BCUT2D eigenvalue weighted by molar-refractivity contribution is 9.10. The molecule has 184 valence electrons. The number of nitrogens with zero attached hydrogens (tertiary/aromatic N) is 1. The summed E-state index contributed by atoms with van der Waals surface area (Å²) in [6, 6.07) is 22.4. The number of hydrogen-bond donors (Lipinski definition) is 1. The number of nitrogens with one attached hydrogen (secondary N) is 1. The minimum absolute atomic E-state index is 0.0504. The van der Waals surface area contributed by atoms with Crippen LogP contribution in [-0.4, -0.2) is 35.4 Å². The fraction of sp³-hybridized carbons (Fsp3) is 0.286. The van der Waals surface area contributed by atoms with Gasteiger partial charge < -0.3 is 15.0 Å². The van der Waals surface area contributed by atoms with Gasteiger partial charge in [0.05, 0.1) is 0 Å². The van der Waals surface area contributed by atoms with Crippen LogP contribution in [0.1, 0.15) is 30.5 Å². The lowest BCUT2D eigenvalue weighted by atomic mass is 10.0. The first-order valence-electron chi connectivity index (χ1n) is 11.5. The van der Waals surface area contributed by atoms with Crippen LogP contribution in [0.4, 0.5) is 0 Å². The summed E-state index contributed by atoms with van der Waals surface area (Å²) in [5.41, 5.74) is 2.91. The molecule has 0 heterocycles. The molecule has 3 aromatic carbocycles. The van der Waals surface area contributed by atoms with E-state index in [0.29, 0.717) is 12.2 Å². The summed E-state index contributed by atoms with van der Waals surface area (Å²) in [5.74, 6) is 0.157. The lowest BCUT2D eigenvalue weighted by Crippen LogP contribution is -2.52. The normalized spacial score (nSPS) is 11.7. The van der Waals surface area contributed by atoms with Crippen molar-refractivity contribution in [3.05, 3.63) is 98.4 Å². The van der Waals surface area contributed by atoms with Gasteiger partial charge in [-0.3, -0.25) is 9.59 Å². The summed E-state index contributed by atoms with van der Waals surface area (Å²) < 4.78 is 7.74. The fourth-order valence-corrected chi connectivity index (χ4v) is 4.39. The van der Waals surface area contributed by atoms with Gasteiger partial charge >= 0.3 is 0 Å². The minimum atomic E-state index is -0.693. The first-order chi connectivity index (χ1) is 16.7. The molecule has 5 nitrogen and oxygen atoms in total. The van der Waals surface area contributed by atoms with Crippen molar-refractivity contribution < 1.29 is 14.3 Å². The molecule has 0 bridgehead atoms. The summed E-state index contributed by atoms with van der Waals surface area (Å²) >= 11 is 6.99. The molecule has 0 aromatic heterocycles. The molecular weight excluding hydrogens is 572 g/mol. The second-order valence-corrected chi connectivity index (χ2v) is 10.5. The molecule has 0 aliphatic carbocycles. The number of carbonyl (C=O) groups is 2. The van der Waals surface area contributed by atoms with Crippen molar-refractivity contribution in [2.24, 2.45) is 0 Å². The predicted octanol–water partition coefficient (Wildman–Crippen LogP) is 6.06. The van der Waals surface area contributed by atoms with Gasteiger partial charge in [-0.15, -0.1) is 0 Å². The number of amides is 2. The molecule has 2 amide bonds. The lowest BCUT2D eigenvalue weighted by molar-refractivity contribution is -0.143. The SMILES string of the molecule is Cc1cc(OCC(=O)N(Cc2cccc(Br)c2)[C@H](Cc2ccccc2)C(=O)NC(C)C)ccc1Br. The van der Waals surface area contributed by atoms with Crippen molar-refractivity contribution >= 4 is 43.7 Å². The summed E-state index contributed by atoms with van der Waals surface area (Å²) in [5, 5.41) is 2.99. The van der Waals surface area contributed by atoms with Crippen LogP contribution in [-0.2, 0) is 22.6 Å². The van der Waals surface area contributed by atoms with Crippen molar-refractivity contribution in [3.8, 4) is 5.75 Å². The molecule has 3 aromatic rings. The topological polar surface area (TPSA) is 58.6 Å². The Morgan fingerprint density at radius 3 is 2.31 bits per heavy atom. The largest absolute Gasteiger partial charge is 0.484 e. The minimum Gasteiger partial charge on any atom is -0.484 e. The lowest BCUT2D eigenvalue weighted by Gasteiger charge is -2.32. The molecule has 0 aliphatic rings. The molecule has 0 unspecified atom stereocenters. The third-order valence-electron chi connectivity index (χ3n) is 5.44.